The summed E-state index contributed by atoms with van der Waals surface area (Å²) in [5.41, 5.74) is 11.4. The van der Waals surface area contributed by atoms with E-state index in [1.54, 1.807) is 0 Å². The third kappa shape index (κ3) is 7.74. The first-order valence-electron chi connectivity index (χ1n) is 23.6. The third-order valence-corrected chi connectivity index (χ3v) is 26.4. The molecule has 2 heterocycles. The predicted octanol–water partition coefficient (Wildman–Crippen LogP) is 15.7. The quantitative estimate of drug-likeness (QED) is 0.126. The van der Waals surface area contributed by atoms with Gasteiger partial charge in [0.05, 0.1) is 0 Å². The summed E-state index contributed by atoms with van der Waals surface area (Å²) in [6, 6.07) is 85.3. The van der Waals surface area contributed by atoms with Gasteiger partial charge >= 0.3 is 0 Å². The van der Waals surface area contributed by atoms with Crippen LogP contribution in [-0.4, -0.2) is 56.8 Å². The van der Waals surface area contributed by atoms with E-state index in [-0.39, 0.29) is 6.71 Å². The zero-order valence-corrected chi connectivity index (χ0v) is 44.2. The lowest BCUT2D eigenvalue weighted by Gasteiger charge is -2.45. The summed E-state index contributed by atoms with van der Waals surface area (Å²) in [5, 5.41) is 0. The van der Waals surface area contributed by atoms with Gasteiger partial charge in [0, 0.05) is 34.1 Å². The summed E-state index contributed by atoms with van der Waals surface area (Å²) in [6.45, 7) is 0.00649. The average Bonchev–Trinajstić information content (AvgIpc) is 3.39. The second kappa shape index (κ2) is 17.5. The van der Waals surface area contributed by atoms with Gasteiger partial charge in [0.25, 0.3) is 6.71 Å². The molecule has 0 saturated carbocycles. The van der Waals surface area contributed by atoms with Crippen molar-refractivity contribution in [2.75, 3.05) is 59.8 Å². The van der Waals surface area contributed by atoms with Crippen LogP contribution in [0.15, 0.2) is 264 Å². The summed E-state index contributed by atoms with van der Waals surface area (Å²) < 4.78 is 0. The number of rotatable bonds is 10. The molecule has 9 aromatic rings. The van der Waals surface area contributed by atoms with E-state index in [0.717, 1.165) is 0 Å². The maximum atomic E-state index is 2.59. The Hall–Kier alpha value is -5.96. The average molecular weight is 973 g/mol. The molecule has 0 atom stereocenters. The minimum atomic E-state index is -1.36. The first-order chi connectivity index (χ1) is 33.3. The van der Waals surface area contributed by atoms with E-state index in [9.17, 15) is 0 Å². The molecule has 2 aliphatic heterocycles. The molecular formula is C62H61BN2S4. The normalized spacial score (nSPS) is 14.3. The van der Waals surface area contributed by atoms with E-state index in [0.29, 0.717) is 0 Å². The highest BCUT2D eigenvalue weighted by atomic mass is 32.3. The van der Waals surface area contributed by atoms with Crippen LogP contribution in [0.25, 0.3) is 0 Å². The molecule has 0 aliphatic carbocycles. The fourth-order valence-electron chi connectivity index (χ4n) is 10.5. The molecule has 11 rings (SSSR count). The van der Waals surface area contributed by atoms with Crippen molar-refractivity contribution >= 4 is 97.3 Å². The first-order valence-corrected chi connectivity index (χ1v) is 33.4. The van der Waals surface area contributed by atoms with Gasteiger partial charge in [-0.3, -0.25) is 0 Å². The number of nitrogens with zero attached hydrogens (tertiary/aromatic N) is 2. The molecule has 9 aromatic carbocycles. The Balaban J connectivity index is 1.14. The van der Waals surface area contributed by atoms with Gasteiger partial charge in [0.2, 0.25) is 0 Å². The van der Waals surface area contributed by atoms with Gasteiger partial charge in [0.15, 0.2) is 0 Å². The van der Waals surface area contributed by atoms with Gasteiger partial charge in [-0.15, -0.1) is 0 Å². The SMILES string of the molecule is CS(C)(c1ccccc1)c1ccc(N2c3ccc(S(C)(C)c4ccccc4)cc3B3c4cc(S(C)(C)c5ccccc5)ccc4N(c4ccc(S(C)(C)c5ccccc5)cc4)c4cccc2c43)cc1. The predicted molar refractivity (Wildman–Crippen MR) is 310 cm³/mol. The van der Waals surface area contributed by atoms with Crippen LogP contribution in [0.3, 0.4) is 0 Å². The molecule has 2 aliphatic rings. The highest BCUT2D eigenvalue weighted by Gasteiger charge is 2.44. The molecule has 0 bridgehead atoms. The van der Waals surface area contributed by atoms with Crippen LogP contribution in [0, 0.1) is 0 Å². The monoisotopic (exact) mass is 972 g/mol. The highest BCUT2D eigenvalue weighted by molar-refractivity contribution is 8.33. The van der Waals surface area contributed by atoms with E-state index in [4.69, 9.17) is 0 Å². The van der Waals surface area contributed by atoms with E-state index in [1.165, 1.54) is 89.7 Å². The van der Waals surface area contributed by atoms with Gasteiger partial charge in [0.1, 0.15) is 0 Å². The van der Waals surface area contributed by atoms with E-state index >= 15 is 0 Å². The number of benzene rings is 9. The summed E-state index contributed by atoms with van der Waals surface area (Å²) in [5.74, 6) is 0. The van der Waals surface area contributed by atoms with Gasteiger partial charge in [-0.05, 0) is 239 Å². The Labute approximate surface area is 417 Å². The maximum Gasteiger partial charge on any atom is 0.252 e. The van der Waals surface area contributed by atoms with Crippen molar-refractivity contribution in [3.8, 4) is 0 Å². The van der Waals surface area contributed by atoms with E-state index in [1.807, 2.05) is 0 Å². The van der Waals surface area contributed by atoms with Crippen LogP contribution in [0.2, 0.25) is 0 Å². The molecule has 0 unspecified atom stereocenters. The van der Waals surface area contributed by atoms with Crippen LogP contribution in [0.5, 0.6) is 0 Å². The van der Waals surface area contributed by atoms with Crippen LogP contribution < -0.4 is 26.2 Å². The first kappa shape index (κ1) is 45.5. The fraction of sp³-hybridized carbons (Fsp3) is 0.129. The minimum absolute atomic E-state index is 0.00649. The highest BCUT2D eigenvalue weighted by Crippen LogP contribution is 2.61. The second-order valence-electron chi connectivity index (χ2n) is 19.8. The largest absolute Gasteiger partial charge is 0.311 e. The second-order valence-corrected chi connectivity index (χ2v) is 34.2. The molecule has 0 N–H and O–H groups in total. The Morgan fingerprint density at radius 2 is 0.536 bits per heavy atom. The van der Waals surface area contributed by atoms with Crippen molar-refractivity contribution in [2.45, 2.75) is 39.2 Å². The summed E-state index contributed by atoms with van der Waals surface area (Å²) in [6.07, 6.45) is 19.5. The lowest BCUT2D eigenvalue weighted by atomic mass is 9.33. The Morgan fingerprint density at radius 1 is 0.261 bits per heavy atom. The third-order valence-electron chi connectivity index (χ3n) is 14.8. The Kier molecular flexibility index (Phi) is 11.5. The number of fused-ring (bicyclic) bond motifs is 4. The lowest BCUT2D eigenvalue weighted by Crippen LogP contribution is -2.61. The number of hydrogen-bond donors (Lipinski definition) is 0. The molecule has 2 nitrogen and oxygen atoms in total. The molecule has 0 aromatic heterocycles. The number of anilines is 6. The smallest absolute Gasteiger partial charge is 0.252 e. The molecule has 0 amide bonds. The van der Waals surface area contributed by atoms with Gasteiger partial charge in [-0.1, -0.05) is 91.0 Å². The molecule has 0 radical (unpaired) electrons. The number of hydrogen-bond acceptors (Lipinski definition) is 2. The van der Waals surface area contributed by atoms with Gasteiger partial charge in [-0.25, -0.2) is 0 Å². The molecule has 0 saturated heterocycles. The Morgan fingerprint density at radius 3 is 0.855 bits per heavy atom. The summed E-state index contributed by atoms with van der Waals surface area (Å²) >= 11 is 0. The standard InChI is InChI=1S/C62H61BN2S4/c1-66(2,48-22-13-9-14-23-48)52-36-32-46(33-37-52)64-58-42-40-54(68(5,6)50-26-17-11-18-27-50)44-56(58)63-57-45-55(69(7,8)51-28-19-12-20-29-51)41-43-59(57)65(61-31-21-30-60(64)62(61)63)47-34-38-53(39-35-47)67(3,4)49-24-15-10-16-25-49/h9-45H,1-8H3. The zero-order chi connectivity index (χ0) is 47.7. The maximum absolute atomic E-state index is 2.59. The van der Waals surface area contributed by atoms with Gasteiger partial charge in [-0.2, -0.15) is 40.1 Å². The molecule has 346 valence electrons. The summed E-state index contributed by atoms with van der Waals surface area (Å²) in [7, 11) is -5.16. The summed E-state index contributed by atoms with van der Waals surface area (Å²) in [4.78, 5) is 16.2. The van der Waals surface area contributed by atoms with Crippen molar-refractivity contribution in [3.63, 3.8) is 0 Å². The van der Waals surface area contributed by atoms with Crippen molar-refractivity contribution in [2.24, 2.45) is 0 Å². The van der Waals surface area contributed by atoms with E-state index < -0.39 is 40.1 Å². The van der Waals surface area contributed by atoms with Crippen molar-refractivity contribution in [3.05, 3.63) is 224 Å². The topological polar surface area (TPSA) is 6.48 Å². The Bertz CT molecular complexity index is 3100. The molecule has 0 spiro atoms. The molecule has 0 fully saturated rings. The van der Waals surface area contributed by atoms with Crippen molar-refractivity contribution < 1.29 is 0 Å². The molecular weight excluding hydrogens is 912 g/mol. The van der Waals surface area contributed by atoms with Gasteiger partial charge < -0.3 is 9.80 Å². The van der Waals surface area contributed by atoms with Crippen molar-refractivity contribution in [1.29, 1.82) is 0 Å². The van der Waals surface area contributed by atoms with Crippen LogP contribution >= 0.6 is 40.1 Å². The lowest BCUT2D eigenvalue weighted by molar-refractivity contribution is 1.22. The van der Waals surface area contributed by atoms with Crippen LogP contribution in [0.4, 0.5) is 34.1 Å². The minimum Gasteiger partial charge on any atom is -0.311 e. The molecule has 69 heavy (non-hydrogen) atoms. The fourth-order valence-corrected chi connectivity index (χ4v) is 18.3. The molecule has 7 heteroatoms. The van der Waals surface area contributed by atoms with Crippen LogP contribution in [-0.2, 0) is 0 Å². The zero-order valence-electron chi connectivity index (χ0n) is 41.0. The van der Waals surface area contributed by atoms with E-state index in [2.05, 4.69) is 284 Å². The van der Waals surface area contributed by atoms with Crippen LogP contribution in [0.1, 0.15) is 0 Å². The van der Waals surface area contributed by atoms with Crippen molar-refractivity contribution in [1.82, 2.24) is 0 Å².